The summed E-state index contributed by atoms with van der Waals surface area (Å²) in [6.45, 7) is 9.18. The Morgan fingerprint density at radius 2 is 2.07 bits per heavy atom. The summed E-state index contributed by atoms with van der Waals surface area (Å²) >= 11 is 0. The summed E-state index contributed by atoms with van der Waals surface area (Å²) in [5.74, 6) is 0. The number of ether oxygens (including phenoxy) is 1. The van der Waals surface area contributed by atoms with E-state index >= 15 is 0 Å². The molecule has 15 heavy (non-hydrogen) atoms. The van der Waals surface area contributed by atoms with Crippen LogP contribution in [0.4, 0.5) is 0 Å². The van der Waals surface area contributed by atoms with Gasteiger partial charge in [-0.3, -0.25) is 0 Å². The molecule has 1 unspecified atom stereocenters. The van der Waals surface area contributed by atoms with Crippen molar-refractivity contribution in [2.45, 2.75) is 64.2 Å². The van der Waals surface area contributed by atoms with E-state index in [4.69, 9.17) is 4.74 Å². The highest BCUT2D eigenvalue weighted by molar-refractivity contribution is 4.81. The summed E-state index contributed by atoms with van der Waals surface area (Å²) < 4.78 is 5.85. The van der Waals surface area contributed by atoms with Gasteiger partial charge in [0.15, 0.2) is 0 Å². The molecule has 1 aliphatic rings. The largest absolute Gasteiger partial charge is 0.371 e. The molecule has 0 aromatic carbocycles. The average molecular weight is 211 g/mol. The second-order valence-corrected chi connectivity index (χ2v) is 4.50. The Labute approximate surface area is 94.1 Å². The molecule has 1 N–H and O–H groups in total. The van der Waals surface area contributed by atoms with E-state index in [-0.39, 0.29) is 6.10 Å². The lowest BCUT2D eigenvalue weighted by atomic mass is 9.93. The first kappa shape index (κ1) is 12.7. The fourth-order valence-electron chi connectivity index (χ4n) is 2.11. The number of hydrogen-bond donors (Lipinski definition) is 1. The van der Waals surface area contributed by atoms with E-state index in [1.54, 1.807) is 0 Å². The van der Waals surface area contributed by atoms with Crippen LogP contribution in [0, 0.1) is 0 Å². The van der Waals surface area contributed by atoms with Gasteiger partial charge in [0.1, 0.15) is 0 Å². The summed E-state index contributed by atoms with van der Waals surface area (Å²) in [7, 11) is 0. The van der Waals surface area contributed by atoms with Crippen LogP contribution in [-0.4, -0.2) is 24.8 Å². The van der Waals surface area contributed by atoms with Crippen LogP contribution in [0.3, 0.4) is 0 Å². The summed E-state index contributed by atoms with van der Waals surface area (Å²) in [6, 6.07) is 0.726. The molecule has 1 aliphatic carbocycles. The third kappa shape index (κ3) is 4.80. The maximum absolute atomic E-state index is 5.85. The van der Waals surface area contributed by atoms with Crippen molar-refractivity contribution in [2.24, 2.45) is 0 Å². The summed E-state index contributed by atoms with van der Waals surface area (Å²) in [5, 5.41) is 3.58. The van der Waals surface area contributed by atoms with Crippen LogP contribution in [0.2, 0.25) is 0 Å². The Kier molecular flexibility index (Phi) is 5.96. The van der Waals surface area contributed by atoms with E-state index in [0.29, 0.717) is 6.10 Å². The van der Waals surface area contributed by atoms with Crippen LogP contribution < -0.4 is 5.32 Å². The fourth-order valence-corrected chi connectivity index (χ4v) is 2.11. The van der Waals surface area contributed by atoms with Crippen LogP contribution in [0.1, 0.15) is 46.0 Å². The van der Waals surface area contributed by atoms with E-state index in [0.717, 1.165) is 12.6 Å². The third-order valence-corrected chi connectivity index (χ3v) is 3.10. The van der Waals surface area contributed by atoms with Crippen LogP contribution in [0.5, 0.6) is 0 Å². The molecule has 0 aromatic rings. The second kappa shape index (κ2) is 7.02. The van der Waals surface area contributed by atoms with Crippen molar-refractivity contribution in [2.75, 3.05) is 6.54 Å². The van der Waals surface area contributed by atoms with Gasteiger partial charge in [0.05, 0.1) is 12.2 Å². The Balaban J connectivity index is 2.15. The molecule has 0 aromatic heterocycles. The van der Waals surface area contributed by atoms with Crippen molar-refractivity contribution in [1.29, 1.82) is 0 Å². The van der Waals surface area contributed by atoms with Gasteiger partial charge < -0.3 is 10.1 Å². The van der Waals surface area contributed by atoms with Gasteiger partial charge in [0, 0.05) is 6.04 Å². The monoisotopic (exact) mass is 211 g/mol. The third-order valence-electron chi connectivity index (χ3n) is 3.10. The van der Waals surface area contributed by atoms with Crippen LogP contribution in [0.15, 0.2) is 12.7 Å². The minimum atomic E-state index is 0.204. The Morgan fingerprint density at radius 3 is 2.60 bits per heavy atom. The highest BCUT2D eigenvalue weighted by Crippen LogP contribution is 2.22. The van der Waals surface area contributed by atoms with Crippen LogP contribution in [-0.2, 0) is 4.74 Å². The van der Waals surface area contributed by atoms with Gasteiger partial charge >= 0.3 is 0 Å². The molecular formula is C13H25NO. The maximum Gasteiger partial charge on any atom is 0.0728 e. The molecule has 0 radical (unpaired) electrons. The zero-order valence-corrected chi connectivity index (χ0v) is 10.2. The van der Waals surface area contributed by atoms with Gasteiger partial charge in [-0.05, 0) is 45.6 Å². The molecule has 0 spiro atoms. The van der Waals surface area contributed by atoms with Gasteiger partial charge in [0.2, 0.25) is 0 Å². The van der Waals surface area contributed by atoms with Gasteiger partial charge in [-0.25, -0.2) is 0 Å². The minimum Gasteiger partial charge on any atom is -0.371 e. The summed E-state index contributed by atoms with van der Waals surface area (Å²) in [5.41, 5.74) is 0. The molecule has 2 nitrogen and oxygen atoms in total. The normalized spacial score (nSPS) is 28.7. The van der Waals surface area contributed by atoms with Crippen molar-refractivity contribution in [1.82, 2.24) is 5.32 Å². The summed E-state index contributed by atoms with van der Waals surface area (Å²) in [6.07, 6.45) is 8.67. The smallest absolute Gasteiger partial charge is 0.0728 e. The predicted octanol–water partition coefficient (Wildman–Crippen LogP) is 2.89. The zero-order chi connectivity index (χ0) is 11.1. The molecular weight excluding hydrogens is 186 g/mol. The van der Waals surface area contributed by atoms with E-state index in [1.165, 1.54) is 32.1 Å². The molecule has 0 bridgehead atoms. The Morgan fingerprint density at radius 1 is 1.40 bits per heavy atom. The molecule has 0 amide bonds. The van der Waals surface area contributed by atoms with Crippen molar-refractivity contribution in [3.05, 3.63) is 12.7 Å². The van der Waals surface area contributed by atoms with Crippen molar-refractivity contribution < 1.29 is 4.74 Å². The first-order valence-electron chi connectivity index (χ1n) is 6.27. The summed E-state index contributed by atoms with van der Waals surface area (Å²) in [4.78, 5) is 0. The lowest BCUT2D eigenvalue weighted by Gasteiger charge is -2.30. The minimum absolute atomic E-state index is 0.204. The average Bonchev–Trinajstić information content (AvgIpc) is 2.28. The molecule has 1 atom stereocenters. The Bertz CT molecular complexity index is 173. The lowest BCUT2D eigenvalue weighted by molar-refractivity contribution is -0.00333. The van der Waals surface area contributed by atoms with E-state index < -0.39 is 0 Å². The molecule has 0 saturated heterocycles. The molecule has 88 valence electrons. The van der Waals surface area contributed by atoms with Gasteiger partial charge in [0.25, 0.3) is 0 Å². The van der Waals surface area contributed by atoms with Gasteiger partial charge in [-0.15, -0.1) is 6.58 Å². The van der Waals surface area contributed by atoms with Gasteiger partial charge in [-0.1, -0.05) is 13.0 Å². The number of rotatable bonds is 6. The molecule has 0 heterocycles. The Hall–Kier alpha value is -0.340. The van der Waals surface area contributed by atoms with Crippen molar-refractivity contribution in [3.63, 3.8) is 0 Å². The number of nitrogens with one attached hydrogen (secondary N) is 1. The van der Waals surface area contributed by atoms with Crippen molar-refractivity contribution >= 4 is 0 Å². The highest BCUT2D eigenvalue weighted by atomic mass is 16.5. The second-order valence-electron chi connectivity index (χ2n) is 4.50. The zero-order valence-electron chi connectivity index (χ0n) is 10.2. The molecule has 2 heteroatoms. The van der Waals surface area contributed by atoms with Crippen LogP contribution >= 0.6 is 0 Å². The van der Waals surface area contributed by atoms with E-state index in [1.807, 2.05) is 6.08 Å². The quantitative estimate of drug-likeness (QED) is 0.682. The van der Waals surface area contributed by atoms with Crippen LogP contribution in [0.25, 0.3) is 0 Å². The maximum atomic E-state index is 5.85. The molecule has 1 rings (SSSR count). The van der Waals surface area contributed by atoms with Gasteiger partial charge in [-0.2, -0.15) is 0 Å². The lowest BCUT2D eigenvalue weighted by Crippen LogP contribution is -2.36. The predicted molar refractivity (Wildman–Crippen MR) is 65.1 cm³/mol. The van der Waals surface area contributed by atoms with Crippen molar-refractivity contribution in [3.8, 4) is 0 Å². The SMILES string of the molecule is C=CC(C)OC1CCC(NCCC)CC1. The highest BCUT2D eigenvalue weighted by Gasteiger charge is 2.21. The number of hydrogen-bond acceptors (Lipinski definition) is 2. The first-order chi connectivity index (χ1) is 7.26. The van der Waals surface area contributed by atoms with E-state index in [2.05, 4.69) is 25.7 Å². The molecule has 1 fully saturated rings. The molecule has 1 saturated carbocycles. The first-order valence-corrected chi connectivity index (χ1v) is 6.27. The standard InChI is InChI=1S/C13H25NO/c1-4-10-14-12-6-8-13(9-7-12)15-11(3)5-2/h5,11-14H,2,4,6-10H2,1,3H3. The van der Waals surface area contributed by atoms with E-state index in [9.17, 15) is 0 Å². The molecule has 0 aliphatic heterocycles. The topological polar surface area (TPSA) is 21.3 Å². The fraction of sp³-hybridized carbons (Fsp3) is 0.846.